The van der Waals surface area contributed by atoms with Crippen LogP contribution in [0, 0.1) is 11.3 Å². The molecule has 0 spiro atoms. The zero-order valence-electron chi connectivity index (χ0n) is 10.2. The number of morpholine rings is 1. The maximum atomic E-state index is 8.93. The smallest absolute Gasteiger partial charge is 0.250 e. The molecular weight excluding hydrogens is 244 g/mol. The van der Waals surface area contributed by atoms with Crippen LogP contribution in [0.1, 0.15) is 0 Å². The van der Waals surface area contributed by atoms with E-state index in [0.29, 0.717) is 25.6 Å². The molecule has 3 rings (SSSR count). The fraction of sp³-hybridized carbons (Fsp3) is 0.333. The Morgan fingerprint density at radius 3 is 2.95 bits per heavy atom. The quantitative estimate of drug-likeness (QED) is 0.773. The molecule has 2 aromatic rings. The number of nitriles is 1. The summed E-state index contributed by atoms with van der Waals surface area (Å²) in [5.74, 6) is 0.634. The van der Waals surface area contributed by atoms with E-state index in [4.69, 9.17) is 10.00 Å². The maximum absolute atomic E-state index is 8.93. The molecule has 7 heteroatoms. The summed E-state index contributed by atoms with van der Waals surface area (Å²) in [5, 5.41) is 20.7. The number of hydrogen-bond acceptors (Lipinski definition) is 6. The molecule has 0 saturated carbocycles. The van der Waals surface area contributed by atoms with E-state index < -0.39 is 6.10 Å². The molecule has 1 aliphatic heterocycles. The topological polar surface area (TPSA) is 79.9 Å². The lowest BCUT2D eigenvalue weighted by Crippen LogP contribution is -2.43. The van der Waals surface area contributed by atoms with Crippen LogP contribution in [-0.4, -0.2) is 46.0 Å². The van der Waals surface area contributed by atoms with Gasteiger partial charge in [0.25, 0.3) is 5.95 Å². The van der Waals surface area contributed by atoms with E-state index in [1.165, 1.54) is 0 Å². The minimum atomic E-state index is -0.435. The van der Waals surface area contributed by atoms with Gasteiger partial charge in [-0.3, -0.25) is 0 Å². The molecule has 19 heavy (non-hydrogen) atoms. The number of rotatable bonds is 2. The van der Waals surface area contributed by atoms with Crippen molar-refractivity contribution in [3.63, 3.8) is 0 Å². The molecule has 0 amide bonds. The Bertz CT molecular complexity index is 590. The number of benzene rings is 1. The lowest BCUT2D eigenvalue weighted by Gasteiger charge is -2.29. The van der Waals surface area contributed by atoms with Gasteiger partial charge < -0.3 is 9.64 Å². The molecule has 1 aromatic heterocycles. The summed E-state index contributed by atoms with van der Waals surface area (Å²) in [6.45, 7) is 1.65. The van der Waals surface area contributed by atoms with Crippen molar-refractivity contribution >= 4 is 5.95 Å². The molecule has 7 nitrogen and oxygen atoms in total. The van der Waals surface area contributed by atoms with Gasteiger partial charge in [0, 0.05) is 6.54 Å². The Hall–Kier alpha value is -2.46. The van der Waals surface area contributed by atoms with Crippen LogP contribution in [-0.2, 0) is 4.74 Å². The third-order valence-corrected chi connectivity index (χ3v) is 2.95. The molecule has 0 aliphatic carbocycles. The van der Waals surface area contributed by atoms with Crippen LogP contribution >= 0.6 is 0 Å². The van der Waals surface area contributed by atoms with E-state index in [1.54, 1.807) is 4.68 Å². The van der Waals surface area contributed by atoms with Crippen molar-refractivity contribution in [2.75, 3.05) is 24.6 Å². The van der Waals surface area contributed by atoms with E-state index in [2.05, 4.69) is 21.6 Å². The minimum Gasteiger partial charge on any atom is -0.360 e. The summed E-state index contributed by atoms with van der Waals surface area (Å²) in [5.41, 5.74) is 0.891. The normalized spacial score (nSPS) is 19.1. The van der Waals surface area contributed by atoms with Gasteiger partial charge in [0.15, 0.2) is 6.10 Å². The van der Waals surface area contributed by atoms with E-state index in [-0.39, 0.29) is 0 Å². The maximum Gasteiger partial charge on any atom is 0.250 e. The lowest BCUT2D eigenvalue weighted by molar-refractivity contribution is 0.0756. The van der Waals surface area contributed by atoms with Gasteiger partial charge in [0.1, 0.15) is 0 Å². The molecule has 1 atom stereocenters. The third kappa shape index (κ3) is 2.26. The van der Waals surface area contributed by atoms with Crippen molar-refractivity contribution in [1.29, 1.82) is 5.26 Å². The van der Waals surface area contributed by atoms with Crippen molar-refractivity contribution in [2.24, 2.45) is 0 Å². The number of tetrazole rings is 1. The van der Waals surface area contributed by atoms with Crippen LogP contribution in [0.4, 0.5) is 5.95 Å². The Labute approximate surface area is 110 Å². The molecule has 96 valence electrons. The van der Waals surface area contributed by atoms with E-state index >= 15 is 0 Å². The highest BCUT2D eigenvalue weighted by atomic mass is 16.5. The Balaban J connectivity index is 1.90. The summed E-state index contributed by atoms with van der Waals surface area (Å²) in [7, 11) is 0. The molecule has 1 unspecified atom stereocenters. The zero-order valence-corrected chi connectivity index (χ0v) is 10.2. The lowest BCUT2D eigenvalue weighted by atomic mass is 10.3. The summed E-state index contributed by atoms with van der Waals surface area (Å²) < 4.78 is 6.99. The number of aromatic nitrogens is 4. The van der Waals surface area contributed by atoms with E-state index in [1.807, 2.05) is 35.2 Å². The van der Waals surface area contributed by atoms with Crippen molar-refractivity contribution < 1.29 is 4.74 Å². The summed E-state index contributed by atoms with van der Waals surface area (Å²) in [6.07, 6.45) is -0.435. The highest BCUT2D eigenvalue weighted by Gasteiger charge is 2.24. The van der Waals surface area contributed by atoms with Gasteiger partial charge in [-0.2, -0.15) is 9.94 Å². The number of hydrogen-bond donors (Lipinski definition) is 0. The van der Waals surface area contributed by atoms with Gasteiger partial charge >= 0.3 is 0 Å². The molecule has 1 fully saturated rings. The first-order chi connectivity index (χ1) is 9.38. The molecule has 0 N–H and O–H groups in total. The molecule has 1 aliphatic rings. The van der Waals surface area contributed by atoms with E-state index in [0.717, 1.165) is 5.69 Å². The average molecular weight is 256 g/mol. The third-order valence-electron chi connectivity index (χ3n) is 2.95. The van der Waals surface area contributed by atoms with Gasteiger partial charge in [-0.1, -0.05) is 23.3 Å². The molecule has 2 heterocycles. The molecular formula is C12H12N6O. The summed E-state index contributed by atoms with van der Waals surface area (Å²) in [4.78, 5) is 1.96. The van der Waals surface area contributed by atoms with Crippen LogP contribution in [0.5, 0.6) is 0 Å². The Kier molecular flexibility index (Phi) is 3.08. The van der Waals surface area contributed by atoms with Gasteiger partial charge in [-0.15, -0.1) is 0 Å². The van der Waals surface area contributed by atoms with Crippen molar-refractivity contribution in [3.05, 3.63) is 30.3 Å². The van der Waals surface area contributed by atoms with Gasteiger partial charge in [-0.05, 0) is 22.6 Å². The first-order valence-corrected chi connectivity index (χ1v) is 5.98. The summed E-state index contributed by atoms with van der Waals surface area (Å²) in [6, 6.07) is 11.8. The van der Waals surface area contributed by atoms with Crippen LogP contribution in [0.25, 0.3) is 5.69 Å². The van der Waals surface area contributed by atoms with Crippen LogP contribution in [0.15, 0.2) is 30.3 Å². The van der Waals surface area contributed by atoms with Gasteiger partial charge in [0.2, 0.25) is 0 Å². The Morgan fingerprint density at radius 1 is 1.32 bits per heavy atom. The number of nitrogens with zero attached hydrogens (tertiary/aromatic N) is 6. The second-order valence-corrected chi connectivity index (χ2v) is 4.16. The second-order valence-electron chi connectivity index (χ2n) is 4.16. The van der Waals surface area contributed by atoms with E-state index in [9.17, 15) is 0 Å². The van der Waals surface area contributed by atoms with Crippen molar-refractivity contribution in [3.8, 4) is 11.8 Å². The monoisotopic (exact) mass is 256 g/mol. The Morgan fingerprint density at radius 2 is 2.16 bits per heavy atom. The molecule has 0 bridgehead atoms. The highest BCUT2D eigenvalue weighted by Crippen LogP contribution is 2.17. The predicted molar refractivity (Wildman–Crippen MR) is 66.7 cm³/mol. The van der Waals surface area contributed by atoms with Crippen LogP contribution in [0.2, 0.25) is 0 Å². The average Bonchev–Trinajstić information content (AvgIpc) is 2.98. The van der Waals surface area contributed by atoms with Crippen LogP contribution in [0.3, 0.4) is 0 Å². The number of ether oxygens (including phenoxy) is 1. The highest BCUT2D eigenvalue weighted by molar-refractivity contribution is 5.41. The first kappa shape index (κ1) is 11.6. The van der Waals surface area contributed by atoms with Gasteiger partial charge in [0.05, 0.1) is 24.9 Å². The standard InChI is InChI=1S/C12H12N6O/c13-8-11-9-17(6-7-19-11)12-14-15-16-18(12)10-4-2-1-3-5-10/h1-5,11H,6-7,9H2. The number of anilines is 1. The molecule has 0 radical (unpaired) electrons. The fourth-order valence-electron chi connectivity index (χ4n) is 2.02. The van der Waals surface area contributed by atoms with Gasteiger partial charge in [-0.25, -0.2) is 0 Å². The van der Waals surface area contributed by atoms with Crippen molar-refractivity contribution in [2.45, 2.75) is 6.10 Å². The molecule has 1 aromatic carbocycles. The second kappa shape index (κ2) is 5.04. The predicted octanol–water partition coefficient (Wildman–Crippen LogP) is 0.391. The molecule has 1 saturated heterocycles. The fourth-order valence-corrected chi connectivity index (χ4v) is 2.02. The largest absolute Gasteiger partial charge is 0.360 e. The summed E-state index contributed by atoms with van der Waals surface area (Å²) >= 11 is 0. The van der Waals surface area contributed by atoms with Crippen LogP contribution < -0.4 is 4.90 Å². The SMILES string of the molecule is N#CC1CN(c2nnnn2-c2ccccc2)CCO1. The number of para-hydroxylation sites is 1. The van der Waals surface area contributed by atoms with Crippen molar-refractivity contribution in [1.82, 2.24) is 20.2 Å². The minimum absolute atomic E-state index is 0.435. The zero-order chi connectivity index (χ0) is 13.1. The first-order valence-electron chi connectivity index (χ1n) is 5.98.